The number of carbonyl (C=O) groups is 2. The van der Waals surface area contributed by atoms with Crippen molar-refractivity contribution in [3.05, 3.63) is 35.9 Å². The molecule has 1 aliphatic rings. The second kappa shape index (κ2) is 5.52. The Labute approximate surface area is 114 Å². The molecule has 1 unspecified atom stereocenters. The zero-order chi connectivity index (χ0) is 13.1. The molecule has 0 bridgehead atoms. The molecule has 1 aromatic carbocycles. The smallest absolute Gasteiger partial charge is 0.417 e. The van der Waals surface area contributed by atoms with E-state index in [0.29, 0.717) is 6.42 Å². The number of hydrogen-bond acceptors (Lipinski definition) is 3. The van der Waals surface area contributed by atoms with Crippen LogP contribution in [0.5, 0.6) is 0 Å². The lowest BCUT2D eigenvalue weighted by Gasteiger charge is -2.20. The fourth-order valence-corrected chi connectivity index (χ4v) is 2.18. The van der Waals surface area contributed by atoms with Crippen LogP contribution in [0.2, 0.25) is 0 Å². The van der Waals surface area contributed by atoms with Crippen LogP contribution in [0, 0.1) is 0 Å². The van der Waals surface area contributed by atoms with Crippen molar-refractivity contribution in [2.75, 3.05) is 6.61 Å². The van der Waals surface area contributed by atoms with Crippen molar-refractivity contribution in [2.45, 2.75) is 24.2 Å². The number of alkyl halides is 1. The van der Waals surface area contributed by atoms with Gasteiger partial charge in [0.2, 0.25) is 5.91 Å². The minimum Gasteiger partial charge on any atom is -0.447 e. The van der Waals surface area contributed by atoms with Gasteiger partial charge in [0, 0.05) is 0 Å². The number of halogens is 1. The summed E-state index contributed by atoms with van der Waals surface area (Å²) in [6.45, 7) is 1.96. The van der Waals surface area contributed by atoms with Gasteiger partial charge < -0.3 is 4.74 Å². The highest BCUT2D eigenvalue weighted by atomic mass is 79.9. The molecule has 2 amide bonds. The van der Waals surface area contributed by atoms with E-state index in [1.54, 1.807) is 6.92 Å². The number of benzene rings is 1. The van der Waals surface area contributed by atoms with Crippen LogP contribution in [-0.4, -0.2) is 34.4 Å². The molecule has 1 aliphatic heterocycles. The number of amides is 2. The number of nitrogens with zero attached hydrogens (tertiary/aromatic N) is 1. The largest absolute Gasteiger partial charge is 0.447 e. The van der Waals surface area contributed by atoms with Gasteiger partial charge in [-0.15, -0.1) is 0 Å². The average molecular weight is 312 g/mol. The molecule has 2 rings (SSSR count). The van der Waals surface area contributed by atoms with E-state index in [1.807, 2.05) is 30.3 Å². The van der Waals surface area contributed by atoms with E-state index >= 15 is 0 Å². The first-order chi connectivity index (χ1) is 8.59. The van der Waals surface area contributed by atoms with Crippen LogP contribution in [0.4, 0.5) is 4.79 Å². The lowest BCUT2D eigenvalue weighted by molar-refractivity contribution is -0.128. The summed E-state index contributed by atoms with van der Waals surface area (Å²) in [5.74, 6) is -0.251. The summed E-state index contributed by atoms with van der Waals surface area (Å²) in [5, 5.41) is 0. The van der Waals surface area contributed by atoms with Crippen LogP contribution < -0.4 is 0 Å². The van der Waals surface area contributed by atoms with E-state index in [-0.39, 0.29) is 23.4 Å². The fourth-order valence-electron chi connectivity index (χ4n) is 1.96. The Hall–Kier alpha value is -1.36. The van der Waals surface area contributed by atoms with Crippen LogP contribution in [-0.2, 0) is 16.0 Å². The number of ether oxygens (including phenoxy) is 1. The van der Waals surface area contributed by atoms with Crippen LogP contribution in [0.15, 0.2) is 30.3 Å². The van der Waals surface area contributed by atoms with Crippen molar-refractivity contribution in [1.82, 2.24) is 4.90 Å². The van der Waals surface area contributed by atoms with Crippen molar-refractivity contribution in [3.8, 4) is 0 Å². The highest BCUT2D eigenvalue weighted by Crippen LogP contribution is 2.19. The third kappa shape index (κ3) is 2.72. The molecule has 0 saturated carbocycles. The number of cyclic esters (lactones) is 1. The van der Waals surface area contributed by atoms with E-state index < -0.39 is 6.09 Å². The molecule has 1 fully saturated rings. The monoisotopic (exact) mass is 311 g/mol. The highest BCUT2D eigenvalue weighted by Gasteiger charge is 2.38. The van der Waals surface area contributed by atoms with Gasteiger partial charge in [-0.05, 0) is 18.9 Å². The van der Waals surface area contributed by atoms with Crippen molar-refractivity contribution < 1.29 is 14.3 Å². The predicted molar refractivity (Wildman–Crippen MR) is 70.5 cm³/mol. The minimum atomic E-state index is -0.549. The first-order valence-electron chi connectivity index (χ1n) is 5.77. The molecule has 18 heavy (non-hydrogen) atoms. The Bertz CT molecular complexity index is 447. The Morgan fingerprint density at radius 1 is 1.50 bits per heavy atom. The maximum Gasteiger partial charge on any atom is 0.417 e. The summed E-state index contributed by atoms with van der Waals surface area (Å²) in [7, 11) is 0. The van der Waals surface area contributed by atoms with E-state index in [9.17, 15) is 9.59 Å². The van der Waals surface area contributed by atoms with Crippen molar-refractivity contribution in [1.29, 1.82) is 0 Å². The Kier molecular flexibility index (Phi) is 4.01. The summed E-state index contributed by atoms with van der Waals surface area (Å²) in [6, 6.07) is 9.54. The standard InChI is InChI=1S/C13H14BrNO3/c1-9(14)12(16)15-11(8-18-13(15)17)7-10-5-3-2-4-6-10/h2-6,9,11H,7-8H2,1H3/t9?,11-/m0/s1. The normalized spacial score (nSPS) is 20.7. The van der Waals surface area contributed by atoms with Crippen molar-refractivity contribution >= 4 is 27.9 Å². The third-order valence-electron chi connectivity index (χ3n) is 2.85. The third-order valence-corrected chi connectivity index (χ3v) is 3.24. The Balaban J connectivity index is 2.12. The van der Waals surface area contributed by atoms with Gasteiger partial charge in [-0.1, -0.05) is 46.3 Å². The lowest BCUT2D eigenvalue weighted by atomic mass is 10.1. The summed E-state index contributed by atoms with van der Waals surface area (Å²) in [4.78, 5) is 24.3. The highest BCUT2D eigenvalue weighted by molar-refractivity contribution is 9.10. The minimum absolute atomic E-state index is 0.215. The van der Waals surface area contributed by atoms with E-state index in [2.05, 4.69) is 15.9 Å². The van der Waals surface area contributed by atoms with Gasteiger partial charge in [0.25, 0.3) is 0 Å². The molecule has 5 heteroatoms. The molecule has 1 aromatic rings. The molecular formula is C13H14BrNO3. The predicted octanol–water partition coefficient (Wildman–Crippen LogP) is 2.36. The molecule has 0 N–H and O–H groups in total. The van der Waals surface area contributed by atoms with Crippen molar-refractivity contribution in [3.63, 3.8) is 0 Å². The van der Waals surface area contributed by atoms with Gasteiger partial charge in [-0.25, -0.2) is 9.69 Å². The van der Waals surface area contributed by atoms with Crippen LogP contribution in [0.3, 0.4) is 0 Å². The number of imide groups is 1. The quantitative estimate of drug-likeness (QED) is 0.805. The van der Waals surface area contributed by atoms with E-state index in [4.69, 9.17) is 4.74 Å². The first kappa shape index (κ1) is 13.1. The Morgan fingerprint density at radius 3 is 2.78 bits per heavy atom. The van der Waals surface area contributed by atoms with E-state index in [0.717, 1.165) is 5.56 Å². The summed E-state index contributed by atoms with van der Waals surface area (Å²) in [5.41, 5.74) is 1.08. The van der Waals surface area contributed by atoms with Crippen molar-refractivity contribution in [2.24, 2.45) is 0 Å². The number of hydrogen-bond donors (Lipinski definition) is 0. The second-order valence-electron chi connectivity index (χ2n) is 4.24. The summed E-state index contributed by atoms with van der Waals surface area (Å²) < 4.78 is 4.97. The van der Waals surface area contributed by atoms with Crippen LogP contribution in [0.25, 0.3) is 0 Å². The molecule has 1 saturated heterocycles. The topological polar surface area (TPSA) is 46.6 Å². The van der Waals surface area contributed by atoms with Gasteiger partial charge >= 0.3 is 6.09 Å². The molecule has 0 aromatic heterocycles. The van der Waals surface area contributed by atoms with Crippen LogP contribution >= 0.6 is 15.9 Å². The first-order valence-corrected chi connectivity index (χ1v) is 6.69. The molecule has 1 heterocycles. The summed E-state index contributed by atoms with van der Waals surface area (Å²) >= 11 is 3.19. The Morgan fingerprint density at radius 2 is 2.17 bits per heavy atom. The van der Waals surface area contributed by atoms with Gasteiger partial charge in [-0.3, -0.25) is 4.79 Å². The molecule has 4 nitrogen and oxygen atoms in total. The maximum atomic E-state index is 11.9. The van der Waals surface area contributed by atoms with Gasteiger partial charge in [0.1, 0.15) is 6.61 Å². The van der Waals surface area contributed by atoms with Gasteiger partial charge in [-0.2, -0.15) is 0 Å². The molecule has 0 aliphatic carbocycles. The zero-order valence-corrected chi connectivity index (χ0v) is 11.6. The molecular weight excluding hydrogens is 298 g/mol. The fraction of sp³-hybridized carbons (Fsp3) is 0.385. The zero-order valence-electron chi connectivity index (χ0n) is 10.0. The van der Waals surface area contributed by atoms with Gasteiger partial charge in [0.15, 0.2) is 0 Å². The molecule has 0 radical (unpaired) electrons. The molecule has 2 atom stereocenters. The lowest BCUT2D eigenvalue weighted by Crippen LogP contribution is -2.43. The molecule has 0 spiro atoms. The maximum absolute atomic E-state index is 11.9. The average Bonchev–Trinajstić information content (AvgIpc) is 2.71. The summed E-state index contributed by atoms with van der Waals surface area (Å²) in [6.07, 6.45) is 0.0742. The van der Waals surface area contributed by atoms with Gasteiger partial charge in [0.05, 0.1) is 10.9 Å². The SMILES string of the molecule is CC(Br)C(=O)N1C(=O)OC[C@@H]1Cc1ccccc1. The van der Waals surface area contributed by atoms with Crippen LogP contribution in [0.1, 0.15) is 12.5 Å². The number of rotatable bonds is 3. The van der Waals surface area contributed by atoms with E-state index in [1.165, 1.54) is 4.90 Å². The molecule has 96 valence electrons. The number of carbonyl (C=O) groups excluding carboxylic acids is 2. The second-order valence-corrected chi connectivity index (χ2v) is 5.62.